The summed E-state index contributed by atoms with van der Waals surface area (Å²) >= 11 is 0. The molecule has 19 nitrogen and oxygen atoms in total. The fourth-order valence-electron chi connectivity index (χ4n) is 7.14. The number of carbonyl (C=O) groups excluding carboxylic acids is 2. The maximum Gasteiger partial charge on any atom is 0.472 e. The number of hydrogen-bond acceptors (Lipinski definition) is 16. The smallest absolute Gasteiger partial charge is 0.462 e. The van der Waals surface area contributed by atoms with Crippen molar-refractivity contribution in [3.63, 3.8) is 0 Å². The first-order valence-corrected chi connectivity index (χ1v) is 28.6. The van der Waals surface area contributed by atoms with Crippen LogP contribution < -0.4 is 0 Å². The van der Waals surface area contributed by atoms with Crippen molar-refractivity contribution < 1.29 is 92.2 Å². The van der Waals surface area contributed by atoms with E-state index in [2.05, 4.69) is 47.9 Å². The lowest BCUT2D eigenvalue weighted by molar-refractivity contribution is -0.216. The highest BCUT2D eigenvalue weighted by atomic mass is 31.2. The van der Waals surface area contributed by atoms with Gasteiger partial charge in [0.1, 0.15) is 43.2 Å². The van der Waals surface area contributed by atoms with Crippen LogP contribution in [0.3, 0.4) is 0 Å². The number of hydrogen-bond donors (Lipinski definition) is 10. The van der Waals surface area contributed by atoms with Crippen LogP contribution in [-0.4, -0.2) is 137 Å². The minimum absolute atomic E-state index is 0.00530. The number of phosphoric ester groups is 2. The molecule has 0 aliphatic heterocycles. The third kappa shape index (κ3) is 34.9. The van der Waals surface area contributed by atoms with E-state index in [-0.39, 0.29) is 25.7 Å². The molecule has 21 heteroatoms. The Hall–Kier alpha value is -3.20. The molecule has 0 spiro atoms. The molecule has 0 aromatic carbocycles. The van der Waals surface area contributed by atoms with E-state index in [1.807, 2.05) is 19.1 Å². The molecule has 0 heterocycles. The number of phosphoric acid groups is 2. The van der Waals surface area contributed by atoms with E-state index in [1.165, 1.54) is 37.8 Å². The molecule has 0 bridgehead atoms. The van der Waals surface area contributed by atoms with Gasteiger partial charge in [-0.1, -0.05) is 156 Å². The van der Waals surface area contributed by atoms with Gasteiger partial charge in [0.2, 0.25) is 0 Å². The van der Waals surface area contributed by atoms with Gasteiger partial charge < -0.3 is 59.9 Å². The third-order valence-electron chi connectivity index (χ3n) is 11.2. The van der Waals surface area contributed by atoms with Crippen LogP contribution >= 0.6 is 15.6 Å². The number of unbranched alkanes of at least 4 members (excludes halogenated alkanes) is 10. The molecule has 11 atom stereocenters. The Labute approximate surface area is 432 Å². The summed E-state index contributed by atoms with van der Waals surface area (Å²) in [4.78, 5) is 54.5. The van der Waals surface area contributed by atoms with Crippen molar-refractivity contribution in [3.05, 3.63) is 97.2 Å². The molecule has 0 radical (unpaired) electrons. The van der Waals surface area contributed by atoms with Gasteiger partial charge in [-0.2, -0.15) is 0 Å². The molecule has 73 heavy (non-hydrogen) atoms. The normalized spacial score (nSPS) is 22.7. The lowest BCUT2D eigenvalue weighted by Gasteiger charge is -2.43. The van der Waals surface area contributed by atoms with Gasteiger partial charge in [0.25, 0.3) is 0 Å². The summed E-state index contributed by atoms with van der Waals surface area (Å²) in [6.07, 6.45) is 27.0. The zero-order valence-electron chi connectivity index (χ0n) is 42.6. The average Bonchev–Trinajstić information content (AvgIpc) is 3.34. The SMILES string of the molecule is CC/C=C\C[C@@H](O)/C=C/C=C/C=C\C=C/[C@H](O)[C@@H](O)CCCC(=O)OC[C@H](COP(=O)(O)O[C@H]1C(O)C(O)C(O)[C@@H](OP(=O)(O)O)C1O)OC(=O)CCCCCCCC/C=C\C/C=C\C/C=C\CCCCCC. The largest absolute Gasteiger partial charge is 0.472 e. The van der Waals surface area contributed by atoms with Gasteiger partial charge in [0.15, 0.2) is 6.10 Å². The van der Waals surface area contributed by atoms with Crippen LogP contribution in [0.15, 0.2) is 97.2 Å². The number of ether oxygens (including phenoxy) is 2. The fraction of sp³-hybridized carbons (Fsp3) is 0.654. The summed E-state index contributed by atoms with van der Waals surface area (Å²) in [6, 6.07) is 0. The van der Waals surface area contributed by atoms with Crippen LogP contribution in [0.25, 0.3) is 0 Å². The first-order chi connectivity index (χ1) is 34.8. The standard InChI is InChI=1S/C52H86O19P2/c1-3-5-7-8-9-10-11-12-13-14-15-16-17-18-19-20-21-22-27-31-37-46(57)69-42(40-68-73(65,66)71-52-49(60)47(58)48(59)51(50(52)61)70-72(62,63)64)39-67-45(56)38-32-36-44(55)43(54)35-30-26-24-23-25-29-34-41(53)33-28-6-4-2/h6,10-11,13-14,16-17,23-26,28-30,34-35,41-44,47-55,58-61H,3-5,7-9,12,15,18-22,27,31-33,36-40H2,1-2H3,(H,65,66)(H2,62,63,64)/b11-10-,14-13-,17-16-,25-23+,26-24-,28-6-,34-29+,35-30-/t41-,42-,43+,44+,47?,48?,49?,50?,51-,52+/m1/s1. The zero-order chi connectivity index (χ0) is 54.3. The first kappa shape index (κ1) is 67.8. The van der Waals surface area contributed by atoms with Crippen molar-refractivity contribution >= 4 is 27.6 Å². The van der Waals surface area contributed by atoms with Gasteiger partial charge in [-0.3, -0.25) is 23.2 Å². The van der Waals surface area contributed by atoms with Gasteiger partial charge in [0.05, 0.1) is 24.9 Å². The second-order valence-electron chi connectivity index (χ2n) is 17.7. The van der Waals surface area contributed by atoms with Crippen LogP contribution in [0.4, 0.5) is 0 Å². The highest BCUT2D eigenvalue weighted by Gasteiger charge is 2.54. The van der Waals surface area contributed by atoms with E-state index in [0.29, 0.717) is 19.3 Å². The molecule has 1 saturated carbocycles. The fourth-order valence-corrected chi connectivity index (χ4v) is 8.68. The Morgan fingerprint density at radius 1 is 0.562 bits per heavy atom. The van der Waals surface area contributed by atoms with E-state index in [4.69, 9.17) is 18.5 Å². The summed E-state index contributed by atoms with van der Waals surface area (Å²) in [5.41, 5.74) is 0. The number of rotatable bonds is 41. The highest BCUT2D eigenvalue weighted by Crippen LogP contribution is 2.49. The van der Waals surface area contributed by atoms with Crippen molar-refractivity contribution in [1.29, 1.82) is 0 Å². The number of esters is 2. The quantitative estimate of drug-likeness (QED) is 0.00947. The molecule has 0 saturated heterocycles. The van der Waals surface area contributed by atoms with Crippen LogP contribution in [-0.2, 0) is 41.8 Å². The average molecular weight is 1080 g/mol. The number of allylic oxidation sites excluding steroid dienone is 13. The van der Waals surface area contributed by atoms with Gasteiger partial charge in [-0.25, -0.2) is 9.13 Å². The van der Waals surface area contributed by atoms with Gasteiger partial charge in [-0.05, 0) is 70.6 Å². The maximum absolute atomic E-state index is 13.0. The Bertz CT molecular complexity index is 1820. The van der Waals surface area contributed by atoms with Crippen molar-refractivity contribution in [2.75, 3.05) is 13.2 Å². The molecular formula is C52H86O19P2. The monoisotopic (exact) mass is 1080 g/mol. The van der Waals surface area contributed by atoms with Crippen molar-refractivity contribution in [2.24, 2.45) is 0 Å². The van der Waals surface area contributed by atoms with Crippen LogP contribution in [0.1, 0.15) is 142 Å². The van der Waals surface area contributed by atoms with Crippen molar-refractivity contribution in [2.45, 2.75) is 203 Å². The molecule has 1 aliphatic rings. The Morgan fingerprint density at radius 3 is 1.70 bits per heavy atom. The summed E-state index contributed by atoms with van der Waals surface area (Å²) in [7, 11) is -10.8. The summed E-state index contributed by atoms with van der Waals surface area (Å²) in [5.74, 6) is -1.56. The lowest BCUT2D eigenvalue weighted by atomic mass is 9.85. The molecule has 0 aromatic heterocycles. The number of aliphatic hydroxyl groups is 7. The molecule has 418 valence electrons. The van der Waals surface area contributed by atoms with E-state index in [0.717, 1.165) is 57.8 Å². The van der Waals surface area contributed by atoms with Crippen molar-refractivity contribution in [1.82, 2.24) is 0 Å². The maximum atomic E-state index is 13.0. The summed E-state index contributed by atoms with van der Waals surface area (Å²) < 4.78 is 49.2. The topological polar surface area (TPSA) is 317 Å². The minimum atomic E-state index is -5.41. The summed E-state index contributed by atoms with van der Waals surface area (Å²) in [6.45, 7) is 2.60. The molecule has 10 N–H and O–H groups in total. The predicted molar refractivity (Wildman–Crippen MR) is 277 cm³/mol. The first-order valence-electron chi connectivity index (χ1n) is 25.6. The number of carbonyl (C=O) groups is 2. The molecule has 1 aliphatic carbocycles. The second kappa shape index (κ2) is 41.0. The minimum Gasteiger partial charge on any atom is -0.462 e. The molecule has 1 rings (SSSR count). The van der Waals surface area contributed by atoms with Crippen molar-refractivity contribution in [3.8, 4) is 0 Å². The second-order valence-corrected chi connectivity index (χ2v) is 20.3. The molecule has 0 aromatic rings. The molecular weight excluding hydrogens is 991 g/mol. The Morgan fingerprint density at radius 2 is 1.10 bits per heavy atom. The Kier molecular flexibility index (Phi) is 38.1. The summed E-state index contributed by atoms with van der Waals surface area (Å²) in [5, 5.41) is 71.9. The van der Waals surface area contributed by atoms with E-state index in [9.17, 15) is 69.1 Å². The number of aliphatic hydroxyl groups excluding tert-OH is 7. The molecule has 5 unspecified atom stereocenters. The van der Waals surface area contributed by atoms with Gasteiger partial charge in [0, 0.05) is 12.8 Å². The van der Waals surface area contributed by atoms with Crippen LogP contribution in [0, 0.1) is 0 Å². The lowest BCUT2D eigenvalue weighted by Crippen LogP contribution is -2.64. The molecule has 1 fully saturated rings. The zero-order valence-corrected chi connectivity index (χ0v) is 44.4. The van der Waals surface area contributed by atoms with E-state index in [1.54, 1.807) is 36.5 Å². The highest BCUT2D eigenvalue weighted by molar-refractivity contribution is 7.47. The van der Waals surface area contributed by atoms with Crippen LogP contribution in [0.5, 0.6) is 0 Å². The van der Waals surface area contributed by atoms with Gasteiger partial charge >= 0.3 is 27.6 Å². The van der Waals surface area contributed by atoms with Gasteiger partial charge in [-0.15, -0.1) is 0 Å². The van der Waals surface area contributed by atoms with Crippen LogP contribution in [0.2, 0.25) is 0 Å². The Balaban J connectivity index is 2.70. The predicted octanol–water partition coefficient (Wildman–Crippen LogP) is 7.25. The van der Waals surface area contributed by atoms with E-state index < -0.39 is 102 Å². The third-order valence-corrected chi connectivity index (χ3v) is 12.7. The molecule has 0 amide bonds. The van der Waals surface area contributed by atoms with E-state index >= 15 is 0 Å².